The molecule has 0 fully saturated rings. The van der Waals surface area contributed by atoms with Crippen LogP contribution in [0.1, 0.15) is 70.9 Å². The fraction of sp³-hybridized carbons (Fsp3) is 0.286. The summed E-state index contributed by atoms with van der Waals surface area (Å²) in [6.07, 6.45) is 7.27. The molecule has 0 saturated heterocycles. The van der Waals surface area contributed by atoms with E-state index in [-0.39, 0.29) is 11.1 Å². The number of aryl methyl sites for hydroxylation is 2. The Labute approximate surface area is 211 Å². The lowest BCUT2D eigenvalue weighted by molar-refractivity contribution is 0.107. The highest BCUT2D eigenvalue weighted by molar-refractivity contribution is 6.69. The fourth-order valence-electron chi connectivity index (χ4n) is 3.77. The molecule has 34 heavy (non-hydrogen) atoms. The number of halogens is 2. The summed E-state index contributed by atoms with van der Waals surface area (Å²) < 4.78 is 0. The first kappa shape index (κ1) is 25.8. The molecule has 178 valence electrons. The maximum Gasteiger partial charge on any atom is 0.254 e. The summed E-state index contributed by atoms with van der Waals surface area (Å²) in [4.78, 5) is 24.4. The van der Waals surface area contributed by atoms with Crippen molar-refractivity contribution in [2.45, 2.75) is 52.4 Å². The molecule has 0 bridgehead atoms. The molecule has 3 aromatic rings. The Hall–Kier alpha value is -2.82. The number of anilines is 4. The minimum atomic E-state index is -0.635. The first-order chi connectivity index (χ1) is 16.4. The van der Waals surface area contributed by atoms with Crippen LogP contribution in [-0.4, -0.2) is 10.5 Å². The average Bonchev–Trinajstić information content (AvgIpc) is 2.81. The standard InChI is InChI=1S/C28H30Cl2N2O2/c1-3-4-5-6-7-8-20-11-15-22(16-12-20)32-26-18-23(27(29)33)25(17-24(26)28(30)34)31-21-13-9-19(2)10-14-21/h9-18,31-32H,3-8H2,1-2H3. The number of nitrogens with one attached hydrogen (secondary N) is 2. The van der Waals surface area contributed by atoms with Crippen LogP contribution in [0.3, 0.4) is 0 Å². The number of hydrogen-bond donors (Lipinski definition) is 2. The molecule has 0 aliphatic rings. The summed E-state index contributed by atoms with van der Waals surface area (Å²) in [6, 6.07) is 18.9. The maximum atomic E-state index is 12.2. The first-order valence-electron chi connectivity index (χ1n) is 11.6. The molecular formula is C28H30Cl2N2O2. The molecule has 0 saturated carbocycles. The highest BCUT2D eigenvalue weighted by Gasteiger charge is 2.18. The van der Waals surface area contributed by atoms with Gasteiger partial charge in [-0.3, -0.25) is 9.59 Å². The summed E-state index contributed by atoms with van der Waals surface area (Å²) in [5.41, 5.74) is 5.27. The molecule has 0 heterocycles. The number of carbonyl (C=O) groups excluding carboxylic acids is 2. The second-order valence-electron chi connectivity index (χ2n) is 8.47. The highest BCUT2D eigenvalue weighted by Crippen LogP contribution is 2.32. The minimum Gasteiger partial charge on any atom is -0.355 e. The van der Waals surface area contributed by atoms with E-state index in [4.69, 9.17) is 23.2 Å². The van der Waals surface area contributed by atoms with E-state index in [1.54, 1.807) is 12.1 Å². The van der Waals surface area contributed by atoms with Crippen molar-refractivity contribution in [3.63, 3.8) is 0 Å². The third-order valence-electron chi connectivity index (χ3n) is 5.71. The van der Waals surface area contributed by atoms with Gasteiger partial charge in [0.15, 0.2) is 0 Å². The van der Waals surface area contributed by atoms with E-state index >= 15 is 0 Å². The lowest BCUT2D eigenvalue weighted by Gasteiger charge is -2.16. The Morgan fingerprint density at radius 3 is 1.65 bits per heavy atom. The van der Waals surface area contributed by atoms with Crippen molar-refractivity contribution >= 4 is 56.4 Å². The normalized spacial score (nSPS) is 10.7. The van der Waals surface area contributed by atoms with E-state index in [1.807, 2.05) is 43.3 Å². The molecule has 0 aliphatic heterocycles. The van der Waals surface area contributed by atoms with Crippen LogP contribution in [0.25, 0.3) is 0 Å². The lowest BCUT2D eigenvalue weighted by atomic mass is 10.0. The van der Waals surface area contributed by atoms with Gasteiger partial charge in [0.05, 0.1) is 22.5 Å². The van der Waals surface area contributed by atoms with Crippen LogP contribution in [0.4, 0.5) is 22.7 Å². The second-order valence-corrected chi connectivity index (χ2v) is 9.15. The SMILES string of the molecule is CCCCCCCc1ccc(Nc2cc(C(=O)Cl)c(Nc3ccc(C)cc3)cc2C(=O)Cl)cc1. The second kappa shape index (κ2) is 12.6. The van der Waals surface area contributed by atoms with Crippen LogP contribution in [0, 0.1) is 6.92 Å². The minimum absolute atomic E-state index is 0.245. The zero-order valence-electron chi connectivity index (χ0n) is 19.6. The van der Waals surface area contributed by atoms with Crippen molar-refractivity contribution in [3.8, 4) is 0 Å². The van der Waals surface area contributed by atoms with Crippen molar-refractivity contribution in [3.05, 3.63) is 82.9 Å². The largest absolute Gasteiger partial charge is 0.355 e. The number of hydrogen-bond acceptors (Lipinski definition) is 4. The Balaban J connectivity index is 1.80. The van der Waals surface area contributed by atoms with E-state index < -0.39 is 10.5 Å². The molecule has 0 spiro atoms. The van der Waals surface area contributed by atoms with Crippen molar-refractivity contribution < 1.29 is 9.59 Å². The van der Waals surface area contributed by atoms with Gasteiger partial charge >= 0.3 is 0 Å². The topological polar surface area (TPSA) is 58.2 Å². The van der Waals surface area contributed by atoms with Gasteiger partial charge in [0.1, 0.15) is 0 Å². The zero-order chi connectivity index (χ0) is 24.5. The average molecular weight is 497 g/mol. The van der Waals surface area contributed by atoms with Crippen LogP contribution in [0.15, 0.2) is 60.7 Å². The molecule has 0 aliphatic carbocycles. The number of unbranched alkanes of at least 4 members (excludes halogenated alkanes) is 4. The Morgan fingerprint density at radius 1 is 0.706 bits per heavy atom. The molecule has 2 N–H and O–H groups in total. The molecule has 4 nitrogen and oxygen atoms in total. The first-order valence-corrected chi connectivity index (χ1v) is 12.4. The summed E-state index contributed by atoms with van der Waals surface area (Å²) in [7, 11) is 0. The van der Waals surface area contributed by atoms with Gasteiger partial charge in [-0.15, -0.1) is 0 Å². The van der Waals surface area contributed by atoms with Crippen LogP contribution >= 0.6 is 23.2 Å². The number of benzene rings is 3. The van der Waals surface area contributed by atoms with Crippen molar-refractivity contribution in [2.24, 2.45) is 0 Å². The van der Waals surface area contributed by atoms with Crippen LogP contribution in [0.5, 0.6) is 0 Å². The summed E-state index contributed by atoms with van der Waals surface area (Å²) in [6.45, 7) is 4.21. The molecule has 3 aromatic carbocycles. The van der Waals surface area contributed by atoms with Crippen molar-refractivity contribution in [2.75, 3.05) is 10.6 Å². The molecule has 0 radical (unpaired) electrons. The molecule has 0 aromatic heterocycles. The van der Waals surface area contributed by atoms with Crippen LogP contribution < -0.4 is 10.6 Å². The highest BCUT2D eigenvalue weighted by atomic mass is 35.5. The molecule has 6 heteroatoms. The Bertz CT molecular complexity index is 1130. The zero-order valence-corrected chi connectivity index (χ0v) is 21.1. The van der Waals surface area contributed by atoms with E-state index in [0.29, 0.717) is 11.4 Å². The summed E-state index contributed by atoms with van der Waals surface area (Å²) in [5, 5.41) is 5.11. The van der Waals surface area contributed by atoms with E-state index in [9.17, 15) is 9.59 Å². The van der Waals surface area contributed by atoms with Crippen LogP contribution in [-0.2, 0) is 6.42 Å². The fourth-order valence-corrected chi connectivity index (χ4v) is 4.08. The van der Waals surface area contributed by atoms with E-state index in [2.05, 4.69) is 29.7 Å². The predicted octanol–water partition coefficient (Wildman–Crippen LogP) is 8.75. The van der Waals surface area contributed by atoms with Gasteiger partial charge < -0.3 is 10.6 Å². The molecule has 3 rings (SSSR count). The maximum absolute atomic E-state index is 12.2. The van der Waals surface area contributed by atoms with Gasteiger partial charge in [-0.05, 0) is 84.9 Å². The van der Waals surface area contributed by atoms with Gasteiger partial charge in [0, 0.05) is 11.4 Å². The number of rotatable bonds is 12. The van der Waals surface area contributed by atoms with Crippen molar-refractivity contribution in [1.82, 2.24) is 0 Å². The third kappa shape index (κ3) is 7.34. The Morgan fingerprint density at radius 2 is 1.18 bits per heavy atom. The molecule has 0 amide bonds. The predicted molar refractivity (Wildman–Crippen MR) is 143 cm³/mol. The summed E-state index contributed by atoms with van der Waals surface area (Å²) in [5.74, 6) is 0. The van der Waals surface area contributed by atoms with Gasteiger partial charge in [-0.2, -0.15) is 0 Å². The quantitative estimate of drug-likeness (QED) is 0.194. The monoisotopic (exact) mass is 496 g/mol. The molecule has 0 unspecified atom stereocenters. The van der Waals surface area contributed by atoms with E-state index in [1.165, 1.54) is 37.7 Å². The van der Waals surface area contributed by atoms with Crippen molar-refractivity contribution in [1.29, 1.82) is 0 Å². The molecule has 0 atom stereocenters. The smallest absolute Gasteiger partial charge is 0.254 e. The third-order valence-corrected chi connectivity index (χ3v) is 6.12. The van der Waals surface area contributed by atoms with Gasteiger partial charge in [0.25, 0.3) is 10.5 Å². The number of carbonyl (C=O) groups is 2. The summed E-state index contributed by atoms with van der Waals surface area (Å²) >= 11 is 11.8. The Kier molecular flexibility index (Phi) is 9.55. The van der Waals surface area contributed by atoms with Gasteiger partial charge in [0.2, 0.25) is 0 Å². The van der Waals surface area contributed by atoms with Gasteiger partial charge in [-0.1, -0.05) is 62.4 Å². The van der Waals surface area contributed by atoms with Crippen LogP contribution in [0.2, 0.25) is 0 Å². The van der Waals surface area contributed by atoms with Gasteiger partial charge in [-0.25, -0.2) is 0 Å². The molecular weight excluding hydrogens is 467 g/mol. The van der Waals surface area contributed by atoms with E-state index in [0.717, 1.165) is 23.4 Å². The lowest BCUT2D eigenvalue weighted by Crippen LogP contribution is -2.06.